The van der Waals surface area contributed by atoms with Crippen LogP contribution < -0.4 is 16.4 Å². The maximum Gasteiger partial charge on any atom is 0.269 e. The summed E-state index contributed by atoms with van der Waals surface area (Å²) in [5.41, 5.74) is 14.6. The number of amides is 2. The van der Waals surface area contributed by atoms with Crippen LogP contribution >= 0.6 is 0 Å². The zero-order valence-electron chi connectivity index (χ0n) is 17.8. The number of aromatic nitrogens is 2. The smallest absolute Gasteiger partial charge is 0.269 e. The van der Waals surface area contributed by atoms with E-state index in [9.17, 15) is 9.59 Å². The molecule has 8 heteroatoms. The van der Waals surface area contributed by atoms with Gasteiger partial charge in [-0.2, -0.15) is 0 Å². The van der Waals surface area contributed by atoms with Gasteiger partial charge < -0.3 is 16.4 Å². The summed E-state index contributed by atoms with van der Waals surface area (Å²) in [6.45, 7) is 5.53. The Morgan fingerprint density at radius 2 is 1.73 bits per heavy atom. The lowest BCUT2D eigenvalue weighted by Crippen LogP contribution is -2.38. The fourth-order valence-electron chi connectivity index (χ4n) is 3.31. The van der Waals surface area contributed by atoms with Crippen LogP contribution in [0.2, 0.25) is 0 Å². The van der Waals surface area contributed by atoms with Crippen molar-refractivity contribution >= 4 is 17.5 Å². The Bertz CT molecular complexity index is 1070. The highest BCUT2D eigenvalue weighted by Gasteiger charge is 2.44. The molecule has 4 N–H and O–H groups in total. The number of allylic oxidation sites excluding steroid dienone is 2. The van der Waals surface area contributed by atoms with Gasteiger partial charge in [0.05, 0.1) is 16.8 Å². The first kappa shape index (κ1) is 21.0. The summed E-state index contributed by atoms with van der Waals surface area (Å²) in [5.74, 6) is 0.365. The van der Waals surface area contributed by atoms with Crippen LogP contribution in [0.4, 0.5) is 5.69 Å². The normalized spacial score (nSPS) is 15.9. The number of rotatable bonds is 4. The van der Waals surface area contributed by atoms with E-state index in [1.807, 2.05) is 39.0 Å². The highest BCUT2D eigenvalue weighted by atomic mass is 16.2. The van der Waals surface area contributed by atoms with Gasteiger partial charge in [-0.1, -0.05) is 12.1 Å². The number of carbonyl (C=O) groups excluding carboxylic acids is 2. The lowest BCUT2D eigenvalue weighted by atomic mass is 9.85. The molecule has 0 atom stereocenters. The van der Waals surface area contributed by atoms with E-state index in [4.69, 9.17) is 11.5 Å². The highest BCUT2D eigenvalue weighted by Crippen LogP contribution is 2.44. The predicted molar refractivity (Wildman–Crippen MR) is 116 cm³/mol. The van der Waals surface area contributed by atoms with Crippen molar-refractivity contribution in [3.05, 3.63) is 65.7 Å². The third-order valence-corrected chi connectivity index (χ3v) is 5.11. The molecule has 1 aromatic carbocycles. The van der Waals surface area contributed by atoms with Gasteiger partial charge in [0.25, 0.3) is 5.91 Å². The van der Waals surface area contributed by atoms with E-state index >= 15 is 0 Å². The standard InChI is InChI=1S/C22H26N6O2/c1-13-25-11-15(12-26-13)14-6-7-16-18(10-14)28(21(30)22(16,2)3)19(24)9-8-17(23)20(29)27(4)5/h6-12H,23-24H2,1-5H3/b17-8-,19-9+. The second-order valence-electron chi connectivity index (χ2n) is 7.93. The second kappa shape index (κ2) is 7.62. The van der Waals surface area contributed by atoms with Crippen molar-refractivity contribution in [3.8, 4) is 11.1 Å². The maximum atomic E-state index is 13.2. The zero-order chi connectivity index (χ0) is 22.2. The summed E-state index contributed by atoms with van der Waals surface area (Å²) in [5, 5.41) is 0. The van der Waals surface area contributed by atoms with Crippen LogP contribution in [0.5, 0.6) is 0 Å². The summed E-state index contributed by atoms with van der Waals surface area (Å²) in [6.07, 6.45) is 6.37. The van der Waals surface area contributed by atoms with Crippen molar-refractivity contribution in [1.82, 2.24) is 14.9 Å². The van der Waals surface area contributed by atoms with Gasteiger partial charge in [-0.15, -0.1) is 0 Å². The third kappa shape index (κ3) is 3.63. The Morgan fingerprint density at radius 3 is 2.33 bits per heavy atom. The summed E-state index contributed by atoms with van der Waals surface area (Å²) in [4.78, 5) is 36.4. The fourth-order valence-corrected chi connectivity index (χ4v) is 3.31. The summed E-state index contributed by atoms with van der Waals surface area (Å²) in [7, 11) is 3.21. The van der Waals surface area contributed by atoms with Gasteiger partial charge in [-0.3, -0.25) is 14.5 Å². The van der Waals surface area contributed by atoms with Crippen molar-refractivity contribution in [3.63, 3.8) is 0 Å². The molecule has 0 bridgehead atoms. The Balaban J connectivity index is 2.05. The topological polar surface area (TPSA) is 118 Å². The van der Waals surface area contributed by atoms with Crippen molar-refractivity contribution in [1.29, 1.82) is 0 Å². The molecule has 156 valence electrons. The molecule has 0 unspecified atom stereocenters. The van der Waals surface area contributed by atoms with Gasteiger partial charge in [0, 0.05) is 32.1 Å². The number of likely N-dealkylation sites (N-methyl/N-ethyl adjacent to an activating group) is 1. The molecule has 30 heavy (non-hydrogen) atoms. The van der Waals surface area contributed by atoms with Crippen LogP contribution in [-0.4, -0.2) is 40.8 Å². The molecule has 0 saturated heterocycles. The number of anilines is 1. The van der Waals surface area contributed by atoms with E-state index in [2.05, 4.69) is 9.97 Å². The molecule has 2 heterocycles. The molecule has 1 aliphatic rings. The van der Waals surface area contributed by atoms with Gasteiger partial charge in [0.2, 0.25) is 5.91 Å². The van der Waals surface area contributed by atoms with Gasteiger partial charge >= 0.3 is 0 Å². The minimum absolute atomic E-state index is 0.0274. The van der Waals surface area contributed by atoms with Gasteiger partial charge in [0.15, 0.2) is 0 Å². The number of aryl methyl sites for hydroxylation is 1. The van der Waals surface area contributed by atoms with Crippen LogP contribution in [0, 0.1) is 6.92 Å². The average molecular weight is 406 g/mol. The lowest BCUT2D eigenvalue weighted by molar-refractivity contribution is -0.124. The SMILES string of the molecule is Cc1ncc(-c2ccc3c(c2)N(/C(N)=C/C=C(\N)C(=O)N(C)C)C(=O)C3(C)C)cn1. The molecule has 0 spiro atoms. The minimum atomic E-state index is -0.745. The number of hydrogen-bond donors (Lipinski definition) is 2. The molecule has 0 aliphatic carbocycles. The van der Waals surface area contributed by atoms with Gasteiger partial charge in [0.1, 0.15) is 11.6 Å². The molecule has 0 radical (unpaired) electrons. The van der Waals surface area contributed by atoms with Crippen LogP contribution in [0.15, 0.2) is 54.3 Å². The molecule has 3 rings (SSSR count). The summed E-state index contributed by atoms with van der Waals surface area (Å²) in [6, 6.07) is 5.77. The summed E-state index contributed by atoms with van der Waals surface area (Å²) < 4.78 is 0. The highest BCUT2D eigenvalue weighted by molar-refractivity contribution is 6.10. The molecule has 1 aromatic heterocycles. The Kier molecular flexibility index (Phi) is 5.35. The van der Waals surface area contributed by atoms with Gasteiger partial charge in [-0.05, 0) is 50.1 Å². The average Bonchev–Trinajstić information content (AvgIpc) is 2.91. The van der Waals surface area contributed by atoms with Crippen molar-refractivity contribution in [2.45, 2.75) is 26.2 Å². The van der Waals surface area contributed by atoms with Crippen LogP contribution in [-0.2, 0) is 15.0 Å². The van der Waals surface area contributed by atoms with E-state index in [-0.39, 0.29) is 23.3 Å². The van der Waals surface area contributed by atoms with Gasteiger partial charge in [-0.25, -0.2) is 9.97 Å². The number of nitrogens with two attached hydrogens (primary N) is 2. The van der Waals surface area contributed by atoms with E-state index in [0.717, 1.165) is 16.7 Å². The molecule has 2 amide bonds. The first-order chi connectivity index (χ1) is 14.0. The van der Waals surface area contributed by atoms with E-state index in [1.54, 1.807) is 26.5 Å². The monoisotopic (exact) mass is 406 g/mol. The van der Waals surface area contributed by atoms with Crippen molar-refractivity contribution in [2.75, 3.05) is 19.0 Å². The Morgan fingerprint density at radius 1 is 1.10 bits per heavy atom. The quantitative estimate of drug-likeness (QED) is 0.590. The number of nitrogens with zero attached hydrogens (tertiary/aromatic N) is 4. The molecule has 8 nitrogen and oxygen atoms in total. The molecule has 0 saturated carbocycles. The van der Waals surface area contributed by atoms with Crippen LogP contribution in [0.3, 0.4) is 0 Å². The van der Waals surface area contributed by atoms with Crippen molar-refractivity contribution < 1.29 is 9.59 Å². The van der Waals surface area contributed by atoms with E-state index in [0.29, 0.717) is 11.5 Å². The number of fused-ring (bicyclic) bond motifs is 1. The first-order valence-electron chi connectivity index (χ1n) is 9.46. The molecule has 2 aromatic rings. The Hall–Kier alpha value is -3.68. The number of hydrogen-bond acceptors (Lipinski definition) is 6. The van der Waals surface area contributed by atoms with E-state index < -0.39 is 5.41 Å². The minimum Gasteiger partial charge on any atom is -0.394 e. The molecular weight excluding hydrogens is 380 g/mol. The largest absolute Gasteiger partial charge is 0.394 e. The first-order valence-corrected chi connectivity index (χ1v) is 9.46. The number of benzene rings is 1. The second-order valence-corrected chi connectivity index (χ2v) is 7.93. The Labute approximate surface area is 175 Å². The summed E-state index contributed by atoms with van der Waals surface area (Å²) >= 11 is 0. The van der Waals surface area contributed by atoms with Crippen molar-refractivity contribution in [2.24, 2.45) is 11.5 Å². The lowest BCUT2D eigenvalue weighted by Gasteiger charge is -2.20. The molecule has 0 fully saturated rings. The zero-order valence-corrected chi connectivity index (χ0v) is 17.8. The fraction of sp³-hybridized carbons (Fsp3) is 0.273. The molecular formula is C22H26N6O2. The van der Waals surface area contributed by atoms with Crippen LogP contribution in [0.25, 0.3) is 11.1 Å². The molecule has 1 aliphatic heterocycles. The van der Waals surface area contributed by atoms with E-state index in [1.165, 1.54) is 22.0 Å². The maximum absolute atomic E-state index is 13.2. The number of carbonyl (C=O) groups is 2. The van der Waals surface area contributed by atoms with Crippen LogP contribution in [0.1, 0.15) is 25.2 Å². The predicted octanol–water partition coefficient (Wildman–Crippen LogP) is 1.81. The third-order valence-electron chi connectivity index (χ3n) is 5.11.